The number of rotatable bonds is 19. The first kappa shape index (κ1) is 34.0. The van der Waals surface area contributed by atoms with Crippen molar-refractivity contribution in [2.75, 3.05) is 26.2 Å². The van der Waals surface area contributed by atoms with Crippen molar-refractivity contribution in [2.45, 2.75) is 50.6 Å². The smallest absolute Gasteiger partial charge is 0.242 e. The second-order valence-corrected chi connectivity index (χ2v) is 10.6. The predicted molar refractivity (Wildman–Crippen MR) is 176 cm³/mol. The van der Waals surface area contributed by atoms with Crippen LogP contribution in [0.4, 0.5) is 0 Å². The molecule has 0 radical (unpaired) electrons. The largest absolute Gasteiger partial charge is 0.370 e. The van der Waals surface area contributed by atoms with E-state index in [0.29, 0.717) is 57.3 Å². The van der Waals surface area contributed by atoms with E-state index in [1.165, 1.54) is 0 Å². The number of hydrogen-bond acceptors (Lipinski definition) is 6. The van der Waals surface area contributed by atoms with Crippen LogP contribution in [0.25, 0.3) is 11.1 Å². The highest BCUT2D eigenvalue weighted by Crippen LogP contribution is 2.19. The van der Waals surface area contributed by atoms with E-state index in [2.05, 4.69) is 20.9 Å². The quantitative estimate of drug-likeness (QED) is 0.0530. The summed E-state index contributed by atoms with van der Waals surface area (Å²) in [7, 11) is 0. The van der Waals surface area contributed by atoms with E-state index in [1.54, 1.807) is 12.1 Å². The third-order valence-electron chi connectivity index (χ3n) is 7.18. The molecule has 2 atom stereocenters. The molecule has 3 aromatic rings. The maximum absolute atomic E-state index is 13.6. The molecule has 0 unspecified atom stereocenters. The molecule has 234 valence electrons. The van der Waals surface area contributed by atoms with Gasteiger partial charge in [-0.15, -0.1) is 0 Å². The van der Waals surface area contributed by atoms with E-state index in [1.807, 2.05) is 72.8 Å². The van der Waals surface area contributed by atoms with Crippen LogP contribution < -0.4 is 33.2 Å². The van der Waals surface area contributed by atoms with Crippen molar-refractivity contribution in [1.82, 2.24) is 16.0 Å². The Morgan fingerprint density at radius 3 is 2.05 bits per heavy atom. The molecule has 2 amide bonds. The highest BCUT2D eigenvalue weighted by molar-refractivity contribution is 5.98. The average molecular weight is 600 g/mol. The zero-order chi connectivity index (χ0) is 31.6. The Balaban J connectivity index is 1.64. The number of amides is 2. The molecule has 0 spiro atoms. The second-order valence-electron chi connectivity index (χ2n) is 10.6. The van der Waals surface area contributed by atoms with Gasteiger partial charge in [0.15, 0.2) is 11.7 Å². The number of carbonyl (C=O) groups excluding carboxylic acids is 3. The molecule has 10 heteroatoms. The first-order chi connectivity index (χ1) is 21.4. The maximum atomic E-state index is 13.6. The van der Waals surface area contributed by atoms with Crippen molar-refractivity contribution >= 4 is 23.6 Å². The van der Waals surface area contributed by atoms with E-state index in [4.69, 9.17) is 17.2 Å². The van der Waals surface area contributed by atoms with Gasteiger partial charge in [-0.05, 0) is 61.8 Å². The fourth-order valence-electron chi connectivity index (χ4n) is 4.72. The number of nitrogens with one attached hydrogen (secondary N) is 3. The lowest BCUT2D eigenvalue weighted by atomic mass is 10.0. The lowest BCUT2D eigenvalue weighted by Crippen LogP contribution is -2.54. The Morgan fingerprint density at radius 1 is 0.727 bits per heavy atom. The lowest BCUT2D eigenvalue weighted by Gasteiger charge is -2.23. The van der Waals surface area contributed by atoms with Crippen LogP contribution in [0, 0.1) is 0 Å². The summed E-state index contributed by atoms with van der Waals surface area (Å²) in [5.41, 5.74) is 19.9. The Bertz CT molecular complexity index is 1330. The van der Waals surface area contributed by atoms with E-state index < -0.39 is 12.1 Å². The van der Waals surface area contributed by atoms with Gasteiger partial charge in [-0.3, -0.25) is 24.7 Å². The van der Waals surface area contributed by atoms with Crippen LogP contribution in [0.1, 0.15) is 48.0 Å². The standard InChI is InChI=1S/C34H45N7O3/c35-20-8-7-15-29(32(43)38-21-9-10-22-39-34(36)37)41-33(44)30(23-25-11-3-1-4-12-25)40-24-31(42)28-18-16-27(17-19-28)26-13-5-2-6-14-26/h1-6,11-14,16-19,29-30,40H,7-10,15,20-24,35H2,(H,38,43)(H,41,44)(H4,36,37,39)/t29-,30-/m0/s1. The third-order valence-corrected chi connectivity index (χ3v) is 7.18. The van der Waals surface area contributed by atoms with Gasteiger partial charge in [-0.25, -0.2) is 0 Å². The summed E-state index contributed by atoms with van der Waals surface area (Å²) in [5, 5.41) is 8.99. The van der Waals surface area contributed by atoms with Crippen LogP contribution in [0.5, 0.6) is 0 Å². The lowest BCUT2D eigenvalue weighted by molar-refractivity contribution is -0.130. The van der Waals surface area contributed by atoms with Crippen molar-refractivity contribution in [3.05, 3.63) is 96.1 Å². The SMILES string of the molecule is NCCCC[C@H](NC(=O)[C@H](Cc1ccccc1)NCC(=O)c1ccc(-c2ccccc2)cc1)C(=O)NCCCCN=C(N)N. The molecule has 44 heavy (non-hydrogen) atoms. The Kier molecular flexibility index (Phi) is 14.6. The van der Waals surface area contributed by atoms with Crippen LogP contribution in [0.2, 0.25) is 0 Å². The first-order valence-corrected chi connectivity index (χ1v) is 15.2. The Labute approximate surface area is 259 Å². The molecule has 0 saturated heterocycles. The van der Waals surface area contributed by atoms with Crippen molar-refractivity contribution in [1.29, 1.82) is 0 Å². The zero-order valence-electron chi connectivity index (χ0n) is 25.2. The summed E-state index contributed by atoms with van der Waals surface area (Å²) < 4.78 is 0. The maximum Gasteiger partial charge on any atom is 0.242 e. The normalized spacial score (nSPS) is 12.1. The molecule has 0 fully saturated rings. The summed E-state index contributed by atoms with van der Waals surface area (Å²) in [5.74, 6) is -0.696. The van der Waals surface area contributed by atoms with Crippen molar-refractivity contribution in [2.24, 2.45) is 22.2 Å². The number of nitrogens with zero attached hydrogens (tertiary/aromatic N) is 1. The molecular weight excluding hydrogens is 554 g/mol. The van der Waals surface area contributed by atoms with Crippen LogP contribution >= 0.6 is 0 Å². The number of benzene rings is 3. The first-order valence-electron chi connectivity index (χ1n) is 15.2. The molecule has 0 aromatic heterocycles. The molecule has 0 bridgehead atoms. The predicted octanol–water partition coefficient (Wildman–Crippen LogP) is 2.52. The molecule has 9 N–H and O–H groups in total. The van der Waals surface area contributed by atoms with Gasteiger partial charge in [-0.1, -0.05) is 84.9 Å². The van der Waals surface area contributed by atoms with Crippen molar-refractivity contribution in [3.8, 4) is 11.1 Å². The molecule has 3 aromatic carbocycles. The van der Waals surface area contributed by atoms with Gasteiger partial charge in [0.2, 0.25) is 11.8 Å². The topological polar surface area (TPSA) is 178 Å². The fraction of sp³-hybridized carbons (Fsp3) is 0.353. The van der Waals surface area contributed by atoms with Crippen LogP contribution in [0.15, 0.2) is 89.9 Å². The summed E-state index contributed by atoms with van der Waals surface area (Å²) >= 11 is 0. The van der Waals surface area contributed by atoms with E-state index in [0.717, 1.165) is 23.1 Å². The third kappa shape index (κ3) is 12.0. The van der Waals surface area contributed by atoms with Gasteiger partial charge in [0.05, 0.1) is 12.6 Å². The molecule has 0 aliphatic heterocycles. The van der Waals surface area contributed by atoms with Gasteiger partial charge in [0, 0.05) is 18.7 Å². The Morgan fingerprint density at radius 2 is 1.39 bits per heavy atom. The molecular formula is C34H45N7O3. The van der Waals surface area contributed by atoms with Crippen LogP contribution in [-0.2, 0) is 16.0 Å². The number of nitrogens with two attached hydrogens (primary N) is 3. The minimum absolute atomic E-state index is 0.0323. The number of unbranched alkanes of at least 4 members (excludes halogenated alkanes) is 2. The summed E-state index contributed by atoms with van der Waals surface area (Å²) in [6.45, 7) is 1.39. The van der Waals surface area contributed by atoms with Crippen LogP contribution in [-0.4, -0.2) is 61.8 Å². The highest BCUT2D eigenvalue weighted by Gasteiger charge is 2.26. The summed E-state index contributed by atoms with van der Waals surface area (Å²) in [6.07, 6.45) is 3.64. The molecule has 0 aliphatic carbocycles. The second kappa shape index (κ2) is 18.9. The molecule has 0 aliphatic rings. The monoisotopic (exact) mass is 599 g/mol. The van der Waals surface area contributed by atoms with Gasteiger partial charge < -0.3 is 27.8 Å². The van der Waals surface area contributed by atoms with Crippen molar-refractivity contribution in [3.63, 3.8) is 0 Å². The van der Waals surface area contributed by atoms with Gasteiger partial charge in [-0.2, -0.15) is 0 Å². The number of carbonyl (C=O) groups is 3. The number of aliphatic imine (C=N–C) groups is 1. The van der Waals surface area contributed by atoms with E-state index >= 15 is 0 Å². The molecule has 10 nitrogen and oxygen atoms in total. The highest BCUT2D eigenvalue weighted by atomic mass is 16.2. The molecule has 0 saturated carbocycles. The van der Waals surface area contributed by atoms with E-state index in [-0.39, 0.29) is 30.1 Å². The van der Waals surface area contributed by atoms with E-state index in [9.17, 15) is 14.4 Å². The number of ketones is 1. The van der Waals surface area contributed by atoms with Gasteiger partial charge >= 0.3 is 0 Å². The number of hydrogen-bond donors (Lipinski definition) is 6. The molecule has 0 heterocycles. The number of guanidine groups is 1. The molecule has 3 rings (SSSR count). The summed E-state index contributed by atoms with van der Waals surface area (Å²) in [6, 6.07) is 25.5. The zero-order valence-corrected chi connectivity index (χ0v) is 25.2. The summed E-state index contributed by atoms with van der Waals surface area (Å²) in [4.78, 5) is 43.7. The average Bonchev–Trinajstić information content (AvgIpc) is 3.04. The fourth-order valence-corrected chi connectivity index (χ4v) is 4.72. The minimum atomic E-state index is -0.729. The van der Waals surface area contributed by atoms with Crippen molar-refractivity contribution < 1.29 is 14.4 Å². The minimum Gasteiger partial charge on any atom is -0.370 e. The Hall–Kier alpha value is -4.54. The van der Waals surface area contributed by atoms with Crippen LogP contribution in [0.3, 0.4) is 0 Å². The van der Waals surface area contributed by atoms with Gasteiger partial charge in [0.1, 0.15) is 6.04 Å². The van der Waals surface area contributed by atoms with Gasteiger partial charge in [0.25, 0.3) is 0 Å². The number of Topliss-reactive ketones (excluding diaryl/α,β-unsaturated/α-hetero) is 1.